The molecule has 30 heavy (non-hydrogen) atoms. The van der Waals surface area contributed by atoms with Crippen LogP contribution in [0.2, 0.25) is 0 Å². The first-order valence-corrected chi connectivity index (χ1v) is 9.79. The van der Waals surface area contributed by atoms with Crippen molar-refractivity contribution < 1.29 is 19.4 Å². The zero-order valence-corrected chi connectivity index (χ0v) is 16.5. The van der Waals surface area contributed by atoms with Crippen molar-refractivity contribution in [1.29, 1.82) is 0 Å². The number of carbonyl (C=O) groups is 2. The van der Waals surface area contributed by atoms with Crippen LogP contribution in [0.15, 0.2) is 54.9 Å². The zero-order valence-electron chi connectivity index (χ0n) is 16.5. The number of carboxylic acid groups (broad SMARTS) is 1. The number of carbonyl (C=O) groups excluding carboxylic acids is 1. The van der Waals surface area contributed by atoms with Crippen molar-refractivity contribution in [2.24, 2.45) is 0 Å². The summed E-state index contributed by atoms with van der Waals surface area (Å²) in [5.41, 5.74) is 4.45. The molecule has 0 saturated carbocycles. The van der Waals surface area contributed by atoms with Crippen molar-refractivity contribution in [3.8, 4) is 11.1 Å². The number of aryl methyl sites for hydroxylation is 1. The third-order valence-corrected chi connectivity index (χ3v) is 5.32. The first-order chi connectivity index (χ1) is 14.6. The number of aliphatic carboxylic acids is 1. The van der Waals surface area contributed by atoms with Crippen LogP contribution in [0, 0.1) is 0 Å². The van der Waals surface area contributed by atoms with Crippen LogP contribution in [0.5, 0.6) is 0 Å². The highest BCUT2D eigenvalue weighted by Gasteiger charge is 2.30. The molecule has 3 aromatic rings. The smallest absolute Gasteiger partial charge is 0.407 e. The van der Waals surface area contributed by atoms with Crippen molar-refractivity contribution >= 4 is 12.1 Å². The molecule has 154 valence electrons. The first-order valence-electron chi connectivity index (χ1n) is 9.79. The molecule has 1 atom stereocenters. The molecule has 2 N–H and O–H groups in total. The lowest BCUT2D eigenvalue weighted by Crippen LogP contribution is -2.43. The minimum absolute atomic E-state index is 0.0212. The van der Waals surface area contributed by atoms with Gasteiger partial charge in [0.1, 0.15) is 24.8 Å². The highest BCUT2D eigenvalue weighted by atomic mass is 16.5. The zero-order chi connectivity index (χ0) is 21.1. The molecule has 1 aliphatic rings. The van der Waals surface area contributed by atoms with E-state index < -0.39 is 18.1 Å². The average Bonchev–Trinajstić information content (AvgIpc) is 3.33. The fraction of sp³-hybridized carbons (Fsp3) is 0.273. The van der Waals surface area contributed by atoms with E-state index in [0.29, 0.717) is 12.4 Å². The van der Waals surface area contributed by atoms with Crippen LogP contribution in [0.3, 0.4) is 0 Å². The summed E-state index contributed by atoms with van der Waals surface area (Å²) in [4.78, 5) is 28.1. The molecule has 0 saturated heterocycles. The number of nitrogens with one attached hydrogen (secondary N) is 1. The quantitative estimate of drug-likeness (QED) is 0.625. The van der Waals surface area contributed by atoms with Gasteiger partial charge in [-0.15, -0.1) is 0 Å². The summed E-state index contributed by atoms with van der Waals surface area (Å²) in [5.74, 6) is -0.757. The number of carboxylic acids is 1. The lowest BCUT2D eigenvalue weighted by molar-refractivity contribution is -0.139. The normalized spacial score (nSPS) is 13.4. The second-order valence-electron chi connectivity index (χ2n) is 7.06. The van der Waals surface area contributed by atoms with Crippen molar-refractivity contribution in [2.45, 2.75) is 31.8 Å². The van der Waals surface area contributed by atoms with Crippen LogP contribution in [0.1, 0.15) is 29.8 Å². The first kappa shape index (κ1) is 19.6. The molecule has 0 spiro atoms. The number of hydrogen-bond acceptors (Lipinski definition) is 5. The number of nitrogens with zero attached hydrogens (tertiary/aromatic N) is 3. The summed E-state index contributed by atoms with van der Waals surface area (Å²) < 4.78 is 7.03. The van der Waals surface area contributed by atoms with Crippen molar-refractivity contribution in [2.75, 3.05) is 6.61 Å². The number of amides is 1. The third-order valence-electron chi connectivity index (χ3n) is 5.32. The van der Waals surface area contributed by atoms with E-state index in [1.54, 1.807) is 4.68 Å². The molecule has 1 heterocycles. The molecule has 8 heteroatoms. The fourth-order valence-corrected chi connectivity index (χ4v) is 3.88. The molecule has 4 rings (SSSR count). The van der Waals surface area contributed by atoms with E-state index in [2.05, 4.69) is 27.5 Å². The molecule has 0 aliphatic heterocycles. The molecule has 0 bridgehead atoms. The molecule has 1 aromatic heterocycles. The molecule has 1 unspecified atom stereocenters. The molecular formula is C22H22N4O4. The average molecular weight is 406 g/mol. The number of alkyl carbamates (subject to hydrolysis) is 1. The van der Waals surface area contributed by atoms with Gasteiger partial charge in [0, 0.05) is 18.9 Å². The van der Waals surface area contributed by atoms with Gasteiger partial charge in [0.15, 0.2) is 0 Å². The Morgan fingerprint density at radius 3 is 2.37 bits per heavy atom. The van der Waals surface area contributed by atoms with E-state index in [-0.39, 0.29) is 18.9 Å². The molecule has 0 fully saturated rings. The minimum Gasteiger partial charge on any atom is -0.480 e. The number of benzene rings is 2. The van der Waals surface area contributed by atoms with Gasteiger partial charge < -0.3 is 15.2 Å². The van der Waals surface area contributed by atoms with Gasteiger partial charge in [-0.05, 0) is 29.2 Å². The van der Waals surface area contributed by atoms with E-state index in [4.69, 9.17) is 4.74 Å². The number of rotatable bonds is 7. The van der Waals surface area contributed by atoms with E-state index in [0.717, 1.165) is 22.3 Å². The van der Waals surface area contributed by atoms with Crippen LogP contribution < -0.4 is 5.32 Å². The summed E-state index contributed by atoms with van der Waals surface area (Å²) in [5, 5.41) is 16.0. The molecule has 2 aromatic carbocycles. The number of ether oxygens (including phenoxy) is 1. The van der Waals surface area contributed by atoms with Gasteiger partial charge in [0.05, 0.1) is 0 Å². The minimum atomic E-state index is -1.16. The Bertz CT molecular complexity index is 1030. The summed E-state index contributed by atoms with van der Waals surface area (Å²) in [7, 11) is 0. The van der Waals surface area contributed by atoms with Crippen LogP contribution >= 0.6 is 0 Å². The van der Waals surface area contributed by atoms with Gasteiger partial charge in [-0.3, -0.25) is 4.68 Å². The highest BCUT2D eigenvalue weighted by molar-refractivity contribution is 5.81. The standard InChI is InChI=1S/C22H22N4O4/c1-2-26-20(23-13-24-26)11-19(21(27)28)25-22(29)30-12-18-16-9-5-3-7-14(16)15-8-4-6-10-17(15)18/h3-10,13,18-19H,2,11-12H2,1H3,(H,25,29)(H,27,28). The Morgan fingerprint density at radius 1 is 1.13 bits per heavy atom. The molecule has 8 nitrogen and oxygen atoms in total. The largest absolute Gasteiger partial charge is 0.480 e. The molecule has 0 radical (unpaired) electrons. The Morgan fingerprint density at radius 2 is 1.77 bits per heavy atom. The van der Waals surface area contributed by atoms with E-state index in [1.165, 1.54) is 6.33 Å². The van der Waals surface area contributed by atoms with Crippen LogP contribution in [-0.2, 0) is 22.5 Å². The lowest BCUT2D eigenvalue weighted by atomic mass is 9.98. The SMILES string of the molecule is CCn1ncnc1CC(NC(=O)OCC1c2ccccc2-c2ccccc21)C(=O)O. The van der Waals surface area contributed by atoms with Crippen molar-refractivity contribution in [1.82, 2.24) is 20.1 Å². The van der Waals surface area contributed by atoms with Gasteiger partial charge in [-0.2, -0.15) is 5.10 Å². The summed E-state index contributed by atoms with van der Waals surface area (Å²) in [6, 6.07) is 14.9. The Labute approximate surface area is 173 Å². The topological polar surface area (TPSA) is 106 Å². The molecule has 1 amide bonds. The maximum atomic E-state index is 12.4. The third kappa shape index (κ3) is 3.76. The second-order valence-corrected chi connectivity index (χ2v) is 7.06. The summed E-state index contributed by atoms with van der Waals surface area (Å²) in [6.45, 7) is 2.57. The summed E-state index contributed by atoms with van der Waals surface area (Å²) in [6.07, 6.45) is 0.616. The predicted molar refractivity (Wildman–Crippen MR) is 109 cm³/mol. The number of aromatic nitrogens is 3. The van der Waals surface area contributed by atoms with E-state index >= 15 is 0 Å². The van der Waals surface area contributed by atoms with Gasteiger partial charge in [0.25, 0.3) is 0 Å². The lowest BCUT2D eigenvalue weighted by Gasteiger charge is -2.17. The van der Waals surface area contributed by atoms with Crippen molar-refractivity contribution in [3.63, 3.8) is 0 Å². The maximum Gasteiger partial charge on any atom is 0.407 e. The van der Waals surface area contributed by atoms with E-state index in [9.17, 15) is 14.7 Å². The maximum absolute atomic E-state index is 12.4. The second kappa shape index (κ2) is 8.36. The van der Waals surface area contributed by atoms with Gasteiger partial charge in [0.2, 0.25) is 0 Å². The Balaban J connectivity index is 1.43. The van der Waals surface area contributed by atoms with Crippen LogP contribution in [0.25, 0.3) is 11.1 Å². The Hall–Kier alpha value is -3.68. The number of fused-ring (bicyclic) bond motifs is 3. The Kier molecular flexibility index (Phi) is 5.47. The van der Waals surface area contributed by atoms with Crippen LogP contribution in [0.4, 0.5) is 4.79 Å². The number of hydrogen-bond donors (Lipinski definition) is 2. The van der Waals surface area contributed by atoms with Crippen molar-refractivity contribution in [3.05, 3.63) is 71.8 Å². The predicted octanol–water partition coefficient (Wildman–Crippen LogP) is 2.83. The van der Waals surface area contributed by atoms with Gasteiger partial charge >= 0.3 is 12.1 Å². The summed E-state index contributed by atoms with van der Waals surface area (Å²) >= 11 is 0. The fourth-order valence-electron chi connectivity index (χ4n) is 3.88. The van der Waals surface area contributed by atoms with Gasteiger partial charge in [-0.1, -0.05) is 48.5 Å². The monoisotopic (exact) mass is 406 g/mol. The van der Waals surface area contributed by atoms with Crippen LogP contribution in [-0.4, -0.2) is 44.6 Å². The van der Waals surface area contributed by atoms with Gasteiger partial charge in [-0.25, -0.2) is 14.6 Å². The molecule has 1 aliphatic carbocycles. The highest BCUT2D eigenvalue weighted by Crippen LogP contribution is 2.44. The molecular weight excluding hydrogens is 384 g/mol. The van der Waals surface area contributed by atoms with E-state index in [1.807, 2.05) is 43.3 Å².